The first-order chi connectivity index (χ1) is 16.1. The summed E-state index contributed by atoms with van der Waals surface area (Å²) in [6.45, 7) is -0.440. The molecule has 6 nitrogen and oxygen atoms in total. The Bertz CT molecular complexity index is 1450. The predicted octanol–water partition coefficient (Wildman–Crippen LogP) is 5.51. The van der Waals surface area contributed by atoms with E-state index in [-0.39, 0.29) is 0 Å². The van der Waals surface area contributed by atoms with Crippen LogP contribution >= 0.6 is 22.7 Å². The number of benzene rings is 1. The molecule has 8 heteroatoms. The second kappa shape index (κ2) is 8.98. The highest BCUT2D eigenvalue weighted by Crippen LogP contribution is 2.38. The Morgan fingerprint density at radius 3 is 2.82 bits per heavy atom. The van der Waals surface area contributed by atoms with Gasteiger partial charge in [-0.1, -0.05) is 24.3 Å². The summed E-state index contributed by atoms with van der Waals surface area (Å²) < 4.78 is 5.41. The highest BCUT2D eigenvalue weighted by molar-refractivity contribution is 7.14. The molecule has 1 N–H and O–H groups in total. The van der Waals surface area contributed by atoms with Gasteiger partial charge >= 0.3 is 5.97 Å². The van der Waals surface area contributed by atoms with Crippen molar-refractivity contribution in [1.29, 1.82) is 5.26 Å². The fourth-order valence-electron chi connectivity index (χ4n) is 3.92. The number of aromatic nitrogens is 1. The molecule has 0 saturated heterocycles. The Morgan fingerprint density at radius 2 is 2.00 bits per heavy atom. The lowest BCUT2D eigenvalue weighted by Gasteiger charge is -2.12. The number of allylic oxidation sites excluding steroid dienone is 1. The van der Waals surface area contributed by atoms with Crippen molar-refractivity contribution < 1.29 is 14.3 Å². The number of rotatable bonds is 5. The van der Waals surface area contributed by atoms with Crippen LogP contribution in [0.2, 0.25) is 0 Å². The third kappa shape index (κ3) is 4.16. The van der Waals surface area contributed by atoms with Gasteiger partial charge in [0.15, 0.2) is 6.61 Å². The molecule has 0 fully saturated rings. The first-order valence-electron chi connectivity index (χ1n) is 10.2. The zero-order valence-corrected chi connectivity index (χ0v) is 19.0. The average Bonchev–Trinajstić information content (AvgIpc) is 3.58. The van der Waals surface area contributed by atoms with Crippen LogP contribution in [0.25, 0.3) is 22.6 Å². The number of thiophene rings is 2. The fourth-order valence-corrected chi connectivity index (χ4v) is 5.35. The van der Waals surface area contributed by atoms with E-state index in [0.717, 1.165) is 28.1 Å². The van der Waals surface area contributed by atoms with Crippen LogP contribution in [0.4, 0.5) is 5.00 Å². The number of nitriles is 1. The maximum absolute atomic E-state index is 13.2. The number of carbonyl (C=O) groups is 2. The van der Waals surface area contributed by atoms with E-state index in [1.54, 1.807) is 22.8 Å². The van der Waals surface area contributed by atoms with E-state index < -0.39 is 18.5 Å². The van der Waals surface area contributed by atoms with Gasteiger partial charge in [0.25, 0.3) is 5.91 Å². The molecular formula is C25H17N3O3S2. The van der Waals surface area contributed by atoms with E-state index in [0.29, 0.717) is 33.5 Å². The number of para-hydroxylation sites is 1. The van der Waals surface area contributed by atoms with Crippen LogP contribution in [-0.4, -0.2) is 23.5 Å². The summed E-state index contributed by atoms with van der Waals surface area (Å²) in [7, 11) is 0. The van der Waals surface area contributed by atoms with Crippen LogP contribution in [0.5, 0.6) is 0 Å². The van der Waals surface area contributed by atoms with E-state index in [9.17, 15) is 9.59 Å². The molecule has 5 rings (SSSR count). The van der Waals surface area contributed by atoms with Crippen LogP contribution in [0.3, 0.4) is 0 Å². The van der Waals surface area contributed by atoms with E-state index >= 15 is 0 Å². The largest absolute Gasteiger partial charge is 0.452 e. The second-order valence-electron chi connectivity index (χ2n) is 7.42. The Kier molecular flexibility index (Phi) is 5.73. The number of nitrogens with zero attached hydrogens (tertiary/aromatic N) is 2. The third-order valence-corrected chi connectivity index (χ3v) is 7.03. The van der Waals surface area contributed by atoms with E-state index in [2.05, 4.69) is 17.5 Å². The molecule has 0 saturated carbocycles. The maximum atomic E-state index is 13.2. The van der Waals surface area contributed by atoms with Crippen molar-refractivity contribution in [2.45, 2.75) is 12.8 Å². The second-order valence-corrected chi connectivity index (χ2v) is 9.31. The Hall–Kier alpha value is -3.80. The molecule has 3 aromatic heterocycles. The predicted molar refractivity (Wildman–Crippen MR) is 130 cm³/mol. The van der Waals surface area contributed by atoms with Crippen LogP contribution in [0, 0.1) is 11.3 Å². The molecule has 0 aliphatic heterocycles. The van der Waals surface area contributed by atoms with Gasteiger partial charge in [0.1, 0.15) is 11.1 Å². The molecule has 0 atom stereocenters. The molecule has 33 heavy (non-hydrogen) atoms. The molecule has 0 unspecified atom stereocenters. The van der Waals surface area contributed by atoms with Crippen LogP contribution in [-0.2, 0) is 16.0 Å². The van der Waals surface area contributed by atoms with Gasteiger partial charge in [0, 0.05) is 10.3 Å². The lowest BCUT2D eigenvalue weighted by atomic mass is 10.0. The summed E-state index contributed by atoms with van der Waals surface area (Å²) in [5.41, 5.74) is 4.31. The van der Waals surface area contributed by atoms with E-state index in [4.69, 9.17) is 15.0 Å². The minimum Gasteiger partial charge on any atom is -0.452 e. The fraction of sp³-hybridized carbons (Fsp3) is 0.120. The topological polar surface area (TPSA) is 92.1 Å². The smallest absolute Gasteiger partial charge is 0.339 e. The van der Waals surface area contributed by atoms with Gasteiger partial charge in [0.2, 0.25) is 0 Å². The van der Waals surface area contributed by atoms with Crippen molar-refractivity contribution >= 4 is 62.1 Å². The standard InChI is InChI=1S/C25H17N3O3S2/c26-13-16-9-11-33-24(16)28-21(29)14-31-25(30)22-18-5-1-2-6-20(18)27-23-15(7-8-19(22)23)12-17-4-3-10-32-17/h1-6,9-12H,7-8,14H2,(H,28,29)/b15-12+. The first kappa shape index (κ1) is 21.1. The zero-order valence-electron chi connectivity index (χ0n) is 17.3. The SMILES string of the molecule is N#Cc1ccsc1NC(=O)COC(=O)c1c2c(nc3ccccc13)/C(=C/c1cccs1)CC2. The molecule has 1 aromatic carbocycles. The normalized spacial score (nSPS) is 13.6. The van der Waals surface area contributed by atoms with Crippen molar-refractivity contribution in [1.82, 2.24) is 4.98 Å². The number of carbonyl (C=O) groups excluding carboxylic acids is 2. The molecule has 0 bridgehead atoms. The van der Waals surface area contributed by atoms with Gasteiger partial charge in [-0.05, 0) is 59.0 Å². The molecule has 1 aliphatic rings. The van der Waals surface area contributed by atoms with E-state index in [1.165, 1.54) is 11.3 Å². The number of anilines is 1. The first-order valence-corrected chi connectivity index (χ1v) is 12.0. The summed E-state index contributed by atoms with van der Waals surface area (Å²) >= 11 is 2.90. The Balaban J connectivity index is 1.43. The molecule has 1 aliphatic carbocycles. The quantitative estimate of drug-likeness (QED) is 0.387. The lowest BCUT2D eigenvalue weighted by Crippen LogP contribution is -2.21. The van der Waals surface area contributed by atoms with Crippen molar-refractivity contribution in [2.75, 3.05) is 11.9 Å². The van der Waals surface area contributed by atoms with Crippen molar-refractivity contribution in [3.05, 3.63) is 80.5 Å². The molecule has 162 valence electrons. The van der Waals surface area contributed by atoms with E-state index in [1.807, 2.05) is 41.8 Å². The Labute approximate surface area is 197 Å². The zero-order chi connectivity index (χ0) is 22.8. The summed E-state index contributed by atoms with van der Waals surface area (Å²) in [5.74, 6) is -1.04. The summed E-state index contributed by atoms with van der Waals surface area (Å²) in [5, 5.41) is 16.6. The minimum absolute atomic E-state index is 0.377. The lowest BCUT2D eigenvalue weighted by molar-refractivity contribution is -0.119. The highest BCUT2D eigenvalue weighted by Gasteiger charge is 2.28. The summed E-state index contributed by atoms with van der Waals surface area (Å²) in [6.07, 6.45) is 3.59. The van der Waals surface area contributed by atoms with Gasteiger partial charge in [-0.15, -0.1) is 22.7 Å². The Morgan fingerprint density at radius 1 is 1.12 bits per heavy atom. The van der Waals surface area contributed by atoms with Gasteiger partial charge in [-0.2, -0.15) is 5.26 Å². The number of nitrogens with one attached hydrogen (secondary N) is 1. The number of pyridine rings is 1. The van der Waals surface area contributed by atoms with Crippen LogP contribution in [0.1, 0.15) is 38.5 Å². The number of amides is 1. The summed E-state index contributed by atoms with van der Waals surface area (Å²) in [4.78, 5) is 31.5. The number of ether oxygens (including phenoxy) is 1. The molecule has 0 spiro atoms. The molecular weight excluding hydrogens is 454 g/mol. The van der Waals surface area contributed by atoms with Gasteiger partial charge in [0.05, 0.1) is 22.3 Å². The third-order valence-electron chi connectivity index (χ3n) is 5.38. The van der Waals surface area contributed by atoms with Crippen LogP contribution in [0.15, 0.2) is 53.2 Å². The number of fused-ring (bicyclic) bond motifs is 2. The van der Waals surface area contributed by atoms with Crippen molar-refractivity contribution in [2.24, 2.45) is 0 Å². The van der Waals surface area contributed by atoms with Crippen molar-refractivity contribution in [3.63, 3.8) is 0 Å². The highest BCUT2D eigenvalue weighted by atomic mass is 32.1. The van der Waals surface area contributed by atoms with Gasteiger partial charge < -0.3 is 10.1 Å². The van der Waals surface area contributed by atoms with Gasteiger partial charge in [-0.3, -0.25) is 4.79 Å². The van der Waals surface area contributed by atoms with Gasteiger partial charge in [-0.25, -0.2) is 9.78 Å². The number of hydrogen-bond donors (Lipinski definition) is 1. The average molecular weight is 472 g/mol. The van der Waals surface area contributed by atoms with Crippen molar-refractivity contribution in [3.8, 4) is 6.07 Å². The van der Waals surface area contributed by atoms with Crippen LogP contribution < -0.4 is 5.32 Å². The monoisotopic (exact) mass is 471 g/mol. The molecule has 4 aromatic rings. The summed E-state index contributed by atoms with van der Waals surface area (Å²) in [6, 6.07) is 15.2. The minimum atomic E-state index is -0.552. The molecule has 1 amide bonds. The molecule has 3 heterocycles. The maximum Gasteiger partial charge on any atom is 0.339 e. The molecule has 0 radical (unpaired) electrons. The number of esters is 1. The number of hydrogen-bond acceptors (Lipinski definition) is 7.